The Hall–Kier alpha value is -4.48. The number of nitrogens with one attached hydrogen (secondary N) is 1. The summed E-state index contributed by atoms with van der Waals surface area (Å²) in [6.45, 7) is 0. The predicted molar refractivity (Wildman–Crippen MR) is 111 cm³/mol. The number of nitro groups is 1. The highest BCUT2D eigenvalue weighted by Crippen LogP contribution is 2.32. The van der Waals surface area contributed by atoms with Crippen molar-refractivity contribution in [2.75, 3.05) is 12.4 Å². The van der Waals surface area contributed by atoms with E-state index in [4.69, 9.17) is 4.74 Å². The summed E-state index contributed by atoms with van der Waals surface area (Å²) in [6, 6.07) is 13.8. The molecule has 0 bridgehead atoms. The van der Waals surface area contributed by atoms with Crippen LogP contribution in [0.15, 0.2) is 60.7 Å². The van der Waals surface area contributed by atoms with Crippen LogP contribution in [0.3, 0.4) is 0 Å². The summed E-state index contributed by atoms with van der Waals surface area (Å²) in [5.41, 5.74) is -1.46. The predicted octanol–water partition coefficient (Wildman–Crippen LogP) is 4.58. The summed E-state index contributed by atoms with van der Waals surface area (Å²) in [7, 11) is 1.29. The summed E-state index contributed by atoms with van der Waals surface area (Å²) >= 11 is 0. The molecule has 0 saturated carbocycles. The van der Waals surface area contributed by atoms with Crippen molar-refractivity contribution in [1.82, 2.24) is 14.6 Å². The second-order valence-corrected chi connectivity index (χ2v) is 6.82. The van der Waals surface area contributed by atoms with Gasteiger partial charge in [-0.1, -0.05) is 30.3 Å². The van der Waals surface area contributed by atoms with Crippen molar-refractivity contribution < 1.29 is 27.6 Å². The van der Waals surface area contributed by atoms with Gasteiger partial charge in [-0.2, -0.15) is 18.3 Å². The zero-order valence-electron chi connectivity index (χ0n) is 16.8. The maximum atomic E-state index is 13.7. The first kappa shape index (κ1) is 21.7. The molecular weight excluding hydrogens is 443 g/mol. The van der Waals surface area contributed by atoms with Gasteiger partial charge >= 0.3 is 6.18 Å². The number of benzene rings is 2. The normalized spacial score (nSPS) is 11.4. The number of ether oxygens (including phenoxy) is 1. The fourth-order valence-corrected chi connectivity index (χ4v) is 3.12. The molecule has 0 spiro atoms. The Balaban J connectivity index is 1.75. The molecule has 0 unspecified atom stereocenters. The number of non-ortho nitro benzene ring substituents is 1. The minimum atomic E-state index is -4.77. The van der Waals surface area contributed by atoms with Crippen LogP contribution in [0.2, 0.25) is 0 Å². The highest BCUT2D eigenvalue weighted by Gasteiger charge is 2.35. The van der Waals surface area contributed by atoms with Gasteiger partial charge in [0, 0.05) is 23.8 Å². The summed E-state index contributed by atoms with van der Waals surface area (Å²) in [5.74, 6) is -0.763. The Kier molecular flexibility index (Phi) is 5.42. The molecule has 0 aliphatic rings. The number of aromatic nitrogens is 3. The molecule has 4 aromatic rings. The third-order valence-electron chi connectivity index (χ3n) is 4.62. The average Bonchev–Trinajstić information content (AvgIpc) is 3.22. The van der Waals surface area contributed by atoms with E-state index in [0.29, 0.717) is 10.1 Å². The maximum Gasteiger partial charge on any atom is 0.433 e. The molecule has 12 heteroatoms. The van der Waals surface area contributed by atoms with Crippen LogP contribution in [-0.4, -0.2) is 32.5 Å². The number of amides is 1. The number of hydrogen-bond acceptors (Lipinski definition) is 6. The van der Waals surface area contributed by atoms with E-state index in [9.17, 15) is 28.1 Å². The molecule has 2 heterocycles. The molecule has 33 heavy (non-hydrogen) atoms. The van der Waals surface area contributed by atoms with Crippen molar-refractivity contribution >= 4 is 22.9 Å². The molecule has 1 N–H and O–H groups in total. The van der Waals surface area contributed by atoms with Gasteiger partial charge in [0.2, 0.25) is 0 Å². The van der Waals surface area contributed by atoms with Crippen LogP contribution >= 0.6 is 0 Å². The van der Waals surface area contributed by atoms with Crippen LogP contribution < -0.4 is 10.1 Å². The Labute approximate surface area is 183 Å². The fourth-order valence-electron chi connectivity index (χ4n) is 3.12. The smallest absolute Gasteiger partial charge is 0.433 e. The number of methoxy groups -OCH3 is 1. The van der Waals surface area contributed by atoms with Crippen LogP contribution in [-0.2, 0) is 6.18 Å². The summed E-state index contributed by atoms with van der Waals surface area (Å²) in [5, 5.41) is 17.2. The number of hydrogen-bond donors (Lipinski definition) is 1. The first-order valence-electron chi connectivity index (χ1n) is 9.34. The molecule has 0 saturated heterocycles. The van der Waals surface area contributed by atoms with Crippen molar-refractivity contribution in [1.29, 1.82) is 0 Å². The number of anilines is 1. The van der Waals surface area contributed by atoms with Crippen LogP contribution in [0.1, 0.15) is 16.2 Å². The number of nitro benzene ring substituents is 1. The second-order valence-electron chi connectivity index (χ2n) is 6.82. The SMILES string of the molecule is COc1cc(NC(=O)c2cc3nc(-c4ccccc4)cc(C(F)(F)F)n3n2)cc([N+](=O)[O-])c1. The number of rotatable bonds is 5. The number of fused-ring (bicyclic) bond motifs is 1. The minimum Gasteiger partial charge on any atom is -0.496 e. The van der Waals surface area contributed by atoms with Crippen molar-refractivity contribution in [3.8, 4) is 17.0 Å². The molecule has 168 valence electrons. The monoisotopic (exact) mass is 457 g/mol. The number of carbonyl (C=O) groups excluding carboxylic acids is 1. The van der Waals surface area contributed by atoms with Crippen molar-refractivity contribution in [2.45, 2.75) is 6.18 Å². The van der Waals surface area contributed by atoms with Crippen molar-refractivity contribution in [3.05, 3.63) is 82.2 Å². The van der Waals surface area contributed by atoms with Gasteiger partial charge in [-0.3, -0.25) is 14.9 Å². The lowest BCUT2D eigenvalue weighted by atomic mass is 10.1. The second kappa shape index (κ2) is 8.22. The van der Waals surface area contributed by atoms with E-state index in [1.807, 2.05) is 0 Å². The molecule has 0 aliphatic carbocycles. The van der Waals surface area contributed by atoms with E-state index >= 15 is 0 Å². The van der Waals surface area contributed by atoms with Gasteiger partial charge in [-0.05, 0) is 6.07 Å². The summed E-state index contributed by atoms with van der Waals surface area (Å²) in [4.78, 5) is 27.3. The van der Waals surface area contributed by atoms with Gasteiger partial charge < -0.3 is 10.1 Å². The van der Waals surface area contributed by atoms with Crippen LogP contribution in [0, 0.1) is 10.1 Å². The molecule has 4 rings (SSSR count). The highest BCUT2D eigenvalue weighted by atomic mass is 19.4. The van der Waals surface area contributed by atoms with E-state index in [1.54, 1.807) is 30.3 Å². The van der Waals surface area contributed by atoms with Gasteiger partial charge in [0.1, 0.15) is 5.75 Å². The Bertz CT molecular complexity index is 1370. The first-order valence-corrected chi connectivity index (χ1v) is 9.34. The largest absolute Gasteiger partial charge is 0.496 e. The molecule has 9 nitrogen and oxygen atoms in total. The van der Waals surface area contributed by atoms with E-state index in [1.165, 1.54) is 13.2 Å². The minimum absolute atomic E-state index is 0.0112. The molecular formula is C21H14F3N5O4. The molecule has 2 aromatic carbocycles. The number of nitrogens with zero attached hydrogens (tertiary/aromatic N) is 4. The first-order chi connectivity index (χ1) is 15.7. The van der Waals surface area contributed by atoms with Crippen LogP contribution in [0.25, 0.3) is 16.9 Å². The topological polar surface area (TPSA) is 112 Å². The quantitative estimate of drug-likeness (QED) is 0.347. The lowest BCUT2D eigenvalue weighted by molar-refractivity contribution is -0.384. The maximum absolute atomic E-state index is 13.7. The lowest BCUT2D eigenvalue weighted by Crippen LogP contribution is -2.16. The van der Waals surface area contributed by atoms with E-state index < -0.39 is 22.7 Å². The van der Waals surface area contributed by atoms with Crippen LogP contribution in [0.4, 0.5) is 24.5 Å². The van der Waals surface area contributed by atoms with Crippen molar-refractivity contribution in [3.63, 3.8) is 0 Å². The van der Waals surface area contributed by atoms with E-state index in [-0.39, 0.29) is 34.2 Å². The number of halogens is 3. The van der Waals surface area contributed by atoms with E-state index in [2.05, 4.69) is 15.4 Å². The van der Waals surface area contributed by atoms with Crippen molar-refractivity contribution in [2.24, 2.45) is 0 Å². The molecule has 0 radical (unpaired) electrons. The van der Waals surface area contributed by atoms with Gasteiger partial charge in [-0.25, -0.2) is 9.50 Å². The molecule has 0 atom stereocenters. The van der Waals surface area contributed by atoms with Gasteiger partial charge in [0.25, 0.3) is 11.6 Å². The zero-order valence-corrected chi connectivity index (χ0v) is 16.8. The summed E-state index contributed by atoms with van der Waals surface area (Å²) in [6.07, 6.45) is -4.77. The Morgan fingerprint density at radius 1 is 1.12 bits per heavy atom. The van der Waals surface area contributed by atoms with Gasteiger partial charge in [-0.15, -0.1) is 0 Å². The number of alkyl halides is 3. The van der Waals surface area contributed by atoms with E-state index in [0.717, 1.165) is 24.3 Å². The zero-order chi connectivity index (χ0) is 23.8. The Morgan fingerprint density at radius 3 is 2.48 bits per heavy atom. The van der Waals surface area contributed by atoms with Gasteiger partial charge in [0.05, 0.1) is 29.5 Å². The third kappa shape index (κ3) is 4.44. The lowest BCUT2D eigenvalue weighted by Gasteiger charge is -2.11. The standard InChI is InChI=1S/C21H14F3N5O4/c1-33-15-8-13(7-14(9-15)29(31)32)25-20(30)17-11-19-26-16(12-5-3-2-4-6-12)10-18(21(22,23)24)28(19)27-17/h2-11H,1H3,(H,25,30). The van der Waals surface area contributed by atoms with Gasteiger partial charge in [0.15, 0.2) is 17.0 Å². The molecule has 0 aliphatic heterocycles. The van der Waals surface area contributed by atoms with Crippen LogP contribution in [0.5, 0.6) is 5.75 Å². The highest BCUT2D eigenvalue weighted by molar-refractivity contribution is 6.03. The third-order valence-corrected chi connectivity index (χ3v) is 4.62. The number of carbonyl (C=O) groups is 1. The molecule has 2 aromatic heterocycles. The summed E-state index contributed by atoms with van der Waals surface area (Å²) < 4.78 is 46.6. The fraction of sp³-hybridized carbons (Fsp3) is 0.0952. The molecule has 0 fully saturated rings. The Morgan fingerprint density at radius 2 is 1.85 bits per heavy atom. The average molecular weight is 457 g/mol. The molecule has 1 amide bonds.